The first-order valence-corrected chi connectivity index (χ1v) is 6.39. The molecule has 2 aliphatic heterocycles. The summed E-state index contributed by atoms with van der Waals surface area (Å²) in [6.07, 6.45) is 0. The minimum absolute atomic E-state index is 0.799. The van der Waals surface area contributed by atoms with E-state index in [0.29, 0.717) is 0 Å². The van der Waals surface area contributed by atoms with Crippen LogP contribution < -0.4 is 10.6 Å². The Bertz CT molecular complexity index is 159. The number of nitrogens with zero attached hydrogens (tertiary/aromatic N) is 2. The molecule has 0 radical (unpaired) electrons. The minimum atomic E-state index is 0.799. The van der Waals surface area contributed by atoms with E-state index in [1.165, 1.54) is 0 Å². The topological polar surface area (TPSA) is 39.8 Å². The quantitative estimate of drug-likeness (QED) is 0.577. The molecule has 0 saturated carbocycles. The molecule has 2 heterocycles. The fourth-order valence-corrected chi connectivity index (χ4v) is 2.16. The normalized spacial score (nSPS) is 24.8. The predicted octanol–water partition coefficient (Wildman–Crippen LogP) is -1.23. The Morgan fingerprint density at radius 1 is 0.812 bits per heavy atom. The van der Waals surface area contributed by atoms with E-state index < -0.39 is 0 Å². The van der Waals surface area contributed by atoms with Crippen LogP contribution >= 0.6 is 0 Å². The lowest BCUT2D eigenvalue weighted by Gasteiger charge is -2.29. The molecule has 2 fully saturated rings. The molecule has 0 aromatic rings. The van der Waals surface area contributed by atoms with Gasteiger partial charge in [0.05, 0.1) is 13.3 Å². The number of piperazine rings is 2. The highest BCUT2D eigenvalue weighted by molar-refractivity contribution is 4.67. The number of nitrogens with one attached hydrogen (secondary N) is 2. The van der Waals surface area contributed by atoms with Gasteiger partial charge in [-0.3, -0.25) is 9.80 Å². The summed E-state index contributed by atoms with van der Waals surface area (Å²) >= 11 is 0. The number of ether oxygens (including phenoxy) is 1. The van der Waals surface area contributed by atoms with Crippen LogP contribution in [0.1, 0.15) is 0 Å². The second-order valence-electron chi connectivity index (χ2n) is 4.50. The summed E-state index contributed by atoms with van der Waals surface area (Å²) in [5.74, 6) is 0. The van der Waals surface area contributed by atoms with Crippen molar-refractivity contribution >= 4 is 0 Å². The summed E-state index contributed by atoms with van der Waals surface area (Å²) in [6, 6.07) is 0. The molecule has 0 aliphatic carbocycles. The molecule has 16 heavy (non-hydrogen) atoms. The lowest BCUT2D eigenvalue weighted by molar-refractivity contribution is 0.0118. The fraction of sp³-hybridized carbons (Fsp3) is 1.00. The second kappa shape index (κ2) is 7.19. The van der Waals surface area contributed by atoms with Crippen molar-refractivity contribution in [1.29, 1.82) is 0 Å². The molecular weight excluding hydrogens is 204 g/mol. The molecule has 0 aromatic heterocycles. The van der Waals surface area contributed by atoms with Crippen molar-refractivity contribution < 1.29 is 4.74 Å². The van der Waals surface area contributed by atoms with Crippen molar-refractivity contribution in [3.63, 3.8) is 0 Å². The van der Waals surface area contributed by atoms with Crippen LogP contribution in [0.15, 0.2) is 0 Å². The predicted molar refractivity (Wildman–Crippen MR) is 64.6 cm³/mol. The van der Waals surface area contributed by atoms with Gasteiger partial charge in [-0.05, 0) is 0 Å². The Kier molecular flexibility index (Phi) is 5.51. The van der Waals surface area contributed by atoms with E-state index in [9.17, 15) is 0 Å². The molecule has 2 N–H and O–H groups in total. The average Bonchev–Trinajstić information content (AvgIpc) is 2.37. The van der Waals surface area contributed by atoms with Crippen LogP contribution in [-0.4, -0.2) is 82.0 Å². The first-order valence-electron chi connectivity index (χ1n) is 6.39. The van der Waals surface area contributed by atoms with Crippen molar-refractivity contribution in [2.75, 3.05) is 72.2 Å². The van der Waals surface area contributed by atoms with Gasteiger partial charge in [-0.25, -0.2) is 0 Å². The minimum Gasteiger partial charge on any atom is -0.365 e. The van der Waals surface area contributed by atoms with Crippen LogP contribution in [0.3, 0.4) is 0 Å². The van der Waals surface area contributed by atoms with Gasteiger partial charge in [0.1, 0.15) is 0 Å². The highest BCUT2D eigenvalue weighted by Gasteiger charge is 2.10. The Morgan fingerprint density at radius 2 is 1.38 bits per heavy atom. The number of hydrogen-bond acceptors (Lipinski definition) is 5. The van der Waals surface area contributed by atoms with E-state index in [-0.39, 0.29) is 0 Å². The van der Waals surface area contributed by atoms with Gasteiger partial charge in [-0.2, -0.15) is 0 Å². The summed E-state index contributed by atoms with van der Waals surface area (Å²) in [4.78, 5) is 4.84. The van der Waals surface area contributed by atoms with E-state index >= 15 is 0 Å². The summed E-state index contributed by atoms with van der Waals surface area (Å²) in [6.45, 7) is 11.7. The van der Waals surface area contributed by atoms with Gasteiger partial charge >= 0.3 is 0 Å². The van der Waals surface area contributed by atoms with Crippen LogP contribution in [0.4, 0.5) is 0 Å². The van der Waals surface area contributed by atoms with Crippen LogP contribution in [0, 0.1) is 0 Å². The first kappa shape index (κ1) is 12.3. The van der Waals surface area contributed by atoms with Crippen LogP contribution in [0.25, 0.3) is 0 Å². The Labute approximate surface area is 98.1 Å². The molecule has 0 unspecified atom stereocenters. The van der Waals surface area contributed by atoms with E-state index in [1.807, 2.05) is 0 Å². The maximum Gasteiger partial charge on any atom is 0.0991 e. The summed E-state index contributed by atoms with van der Waals surface area (Å²) in [7, 11) is 0. The zero-order valence-corrected chi connectivity index (χ0v) is 10.1. The Balaban J connectivity index is 1.47. The third kappa shape index (κ3) is 4.35. The number of rotatable bonds is 5. The maximum absolute atomic E-state index is 5.71. The highest BCUT2D eigenvalue weighted by Crippen LogP contribution is 1.94. The summed E-state index contributed by atoms with van der Waals surface area (Å²) in [5, 5.41) is 6.70. The van der Waals surface area contributed by atoms with Crippen LogP contribution in [0.5, 0.6) is 0 Å². The monoisotopic (exact) mass is 228 g/mol. The largest absolute Gasteiger partial charge is 0.365 e. The molecule has 0 aromatic carbocycles. The second-order valence-corrected chi connectivity index (χ2v) is 4.50. The van der Waals surface area contributed by atoms with Crippen LogP contribution in [0.2, 0.25) is 0 Å². The zero-order valence-electron chi connectivity index (χ0n) is 10.1. The van der Waals surface area contributed by atoms with E-state index in [2.05, 4.69) is 20.4 Å². The van der Waals surface area contributed by atoms with Crippen molar-refractivity contribution in [2.24, 2.45) is 0 Å². The van der Waals surface area contributed by atoms with Gasteiger partial charge in [0.2, 0.25) is 0 Å². The molecule has 0 spiro atoms. The third-order valence-electron chi connectivity index (χ3n) is 3.24. The van der Waals surface area contributed by atoms with Gasteiger partial charge in [-0.15, -0.1) is 0 Å². The van der Waals surface area contributed by atoms with E-state index in [1.54, 1.807) is 0 Å². The molecule has 0 bridgehead atoms. The molecule has 2 rings (SSSR count). The van der Waals surface area contributed by atoms with E-state index in [0.717, 1.165) is 72.2 Å². The molecule has 2 aliphatic rings. The fourth-order valence-electron chi connectivity index (χ4n) is 2.16. The van der Waals surface area contributed by atoms with Crippen molar-refractivity contribution in [2.45, 2.75) is 0 Å². The number of hydrogen-bond donors (Lipinski definition) is 2. The van der Waals surface area contributed by atoms with Gasteiger partial charge in [0.15, 0.2) is 0 Å². The van der Waals surface area contributed by atoms with Crippen molar-refractivity contribution in [3.8, 4) is 0 Å². The first-order chi connectivity index (χ1) is 7.95. The highest BCUT2D eigenvalue weighted by atomic mass is 16.5. The molecular formula is C11H24N4O. The lowest BCUT2D eigenvalue weighted by atomic mass is 10.4. The van der Waals surface area contributed by atoms with Crippen molar-refractivity contribution in [1.82, 2.24) is 20.4 Å². The van der Waals surface area contributed by atoms with Crippen LogP contribution in [-0.2, 0) is 4.74 Å². The molecule has 5 nitrogen and oxygen atoms in total. The molecule has 0 amide bonds. The smallest absolute Gasteiger partial charge is 0.0991 e. The van der Waals surface area contributed by atoms with Gasteiger partial charge in [-0.1, -0.05) is 0 Å². The lowest BCUT2D eigenvalue weighted by Crippen LogP contribution is -2.46. The molecule has 5 heteroatoms. The van der Waals surface area contributed by atoms with E-state index in [4.69, 9.17) is 4.74 Å². The Hall–Kier alpha value is -0.200. The summed E-state index contributed by atoms with van der Waals surface area (Å²) < 4.78 is 5.71. The molecule has 2 saturated heterocycles. The zero-order chi connectivity index (χ0) is 11.1. The maximum atomic E-state index is 5.71. The van der Waals surface area contributed by atoms with Gasteiger partial charge < -0.3 is 15.4 Å². The Morgan fingerprint density at radius 3 is 2.00 bits per heavy atom. The SMILES string of the molecule is C1CN(CCOCN2CCNCC2)CCN1. The van der Waals surface area contributed by atoms with Gasteiger partial charge in [0.25, 0.3) is 0 Å². The third-order valence-corrected chi connectivity index (χ3v) is 3.24. The van der Waals surface area contributed by atoms with Gasteiger partial charge in [0, 0.05) is 58.9 Å². The summed E-state index contributed by atoms with van der Waals surface area (Å²) in [5.41, 5.74) is 0. The molecule has 0 atom stereocenters. The molecule has 94 valence electrons. The average molecular weight is 228 g/mol. The standard InChI is InChI=1S/C11H24N4O/c1-5-14(6-2-12-1)9-10-16-11-15-7-3-13-4-8-15/h12-13H,1-11H2. The van der Waals surface area contributed by atoms with Crippen molar-refractivity contribution in [3.05, 3.63) is 0 Å².